The van der Waals surface area contributed by atoms with E-state index < -0.39 is 0 Å². The molecular formula is C14H20O2. The van der Waals surface area contributed by atoms with Gasteiger partial charge < -0.3 is 4.42 Å². The van der Waals surface area contributed by atoms with Crippen molar-refractivity contribution in [2.75, 3.05) is 0 Å². The molecule has 1 atom stereocenters. The lowest BCUT2D eigenvalue weighted by molar-refractivity contribution is 0.473. The summed E-state index contributed by atoms with van der Waals surface area (Å²) in [6, 6.07) is 3.77. The Morgan fingerprint density at radius 3 is 2.69 bits per heavy atom. The highest BCUT2D eigenvalue weighted by atomic mass is 16.4. The van der Waals surface area contributed by atoms with Crippen LogP contribution in [-0.4, -0.2) is 0 Å². The van der Waals surface area contributed by atoms with E-state index in [1.165, 1.54) is 0 Å². The molecule has 88 valence electrons. The highest BCUT2D eigenvalue weighted by molar-refractivity contribution is 5.58. The first kappa shape index (κ1) is 12.8. The molecule has 0 saturated carbocycles. The predicted octanol–water partition coefficient (Wildman–Crippen LogP) is 3.65. The fraction of sp³-hybridized carbons (Fsp3) is 0.500. The first-order chi connectivity index (χ1) is 7.58. The molecule has 2 heteroatoms. The Labute approximate surface area is 97.0 Å². The van der Waals surface area contributed by atoms with Gasteiger partial charge in [0.25, 0.3) is 0 Å². The lowest BCUT2D eigenvalue weighted by Gasteiger charge is -2.07. The summed E-state index contributed by atoms with van der Waals surface area (Å²) in [5.41, 5.74) is 1.58. The topological polar surface area (TPSA) is 30.2 Å². The fourth-order valence-electron chi connectivity index (χ4n) is 1.47. The fourth-order valence-corrected chi connectivity index (χ4v) is 1.47. The van der Waals surface area contributed by atoms with Crippen molar-refractivity contribution in [3.63, 3.8) is 0 Å². The van der Waals surface area contributed by atoms with E-state index in [0.717, 1.165) is 24.0 Å². The third-order valence-corrected chi connectivity index (χ3v) is 2.99. The van der Waals surface area contributed by atoms with Crippen LogP contribution in [0.2, 0.25) is 0 Å². The Morgan fingerprint density at radius 1 is 1.50 bits per heavy atom. The molecule has 0 fully saturated rings. The Balaban J connectivity index is 2.97. The van der Waals surface area contributed by atoms with E-state index in [1.807, 2.05) is 32.1 Å². The monoisotopic (exact) mass is 220 g/mol. The minimum atomic E-state index is -0.195. The van der Waals surface area contributed by atoms with Crippen LogP contribution in [0, 0.1) is 5.92 Å². The summed E-state index contributed by atoms with van der Waals surface area (Å²) in [5, 5.41) is 0. The summed E-state index contributed by atoms with van der Waals surface area (Å²) < 4.78 is 5.28. The van der Waals surface area contributed by atoms with Crippen LogP contribution in [0.5, 0.6) is 0 Å². The molecule has 0 N–H and O–H groups in total. The Kier molecular flexibility index (Phi) is 4.53. The van der Waals surface area contributed by atoms with Gasteiger partial charge in [-0.25, -0.2) is 4.79 Å². The van der Waals surface area contributed by atoms with E-state index in [-0.39, 0.29) is 5.63 Å². The van der Waals surface area contributed by atoms with Gasteiger partial charge in [-0.3, -0.25) is 0 Å². The predicted molar refractivity (Wildman–Crippen MR) is 67.5 cm³/mol. The second kappa shape index (κ2) is 5.69. The Hall–Kier alpha value is -1.31. The molecular weight excluding hydrogens is 200 g/mol. The molecule has 0 radical (unpaired) electrons. The first-order valence-corrected chi connectivity index (χ1v) is 5.84. The van der Waals surface area contributed by atoms with Crippen LogP contribution in [0.3, 0.4) is 0 Å². The molecule has 0 spiro atoms. The SMILES string of the molecule is C/C=C(\C)c1ccc(C[C@H](C)CC)c(=O)o1. The molecule has 16 heavy (non-hydrogen) atoms. The summed E-state index contributed by atoms with van der Waals surface area (Å²) in [6.07, 6.45) is 3.82. The molecule has 2 nitrogen and oxygen atoms in total. The lowest BCUT2D eigenvalue weighted by atomic mass is 10.00. The third-order valence-electron chi connectivity index (χ3n) is 2.99. The molecule has 0 aromatic carbocycles. The summed E-state index contributed by atoms with van der Waals surface area (Å²) in [5.74, 6) is 1.19. The molecule has 0 bridgehead atoms. The van der Waals surface area contributed by atoms with Crippen molar-refractivity contribution in [2.45, 2.75) is 40.5 Å². The zero-order valence-electron chi connectivity index (χ0n) is 10.5. The maximum absolute atomic E-state index is 11.7. The maximum atomic E-state index is 11.7. The van der Waals surface area contributed by atoms with Crippen molar-refractivity contribution in [1.29, 1.82) is 0 Å². The summed E-state index contributed by atoms with van der Waals surface area (Å²) in [7, 11) is 0. The van der Waals surface area contributed by atoms with Crippen molar-refractivity contribution in [3.8, 4) is 0 Å². The maximum Gasteiger partial charge on any atom is 0.339 e. The van der Waals surface area contributed by atoms with Crippen molar-refractivity contribution < 1.29 is 4.42 Å². The normalized spacial score (nSPS) is 13.9. The number of hydrogen-bond acceptors (Lipinski definition) is 2. The molecule has 1 heterocycles. The first-order valence-electron chi connectivity index (χ1n) is 5.84. The number of hydrogen-bond donors (Lipinski definition) is 0. The van der Waals surface area contributed by atoms with Gasteiger partial charge in [-0.1, -0.05) is 26.3 Å². The zero-order valence-corrected chi connectivity index (χ0v) is 10.5. The average Bonchev–Trinajstić information content (AvgIpc) is 2.30. The molecule has 0 amide bonds. The molecule has 0 unspecified atom stereocenters. The summed E-state index contributed by atoms with van der Waals surface area (Å²) >= 11 is 0. The van der Waals surface area contributed by atoms with Gasteiger partial charge in [0.2, 0.25) is 0 Å². The largest absolute Gasteiger partial charge is 0.423 e. The Morgan fingerprint density at radius 2 is 2.19 bits per heavy atom. The van der Waals surface area contributed by atoms with Crippen molar-refractivity contribution in [1.82, 2.24) is 0 Å². The van der Waals surface area contributed by atoms with Crippen LogP contribution in [0.1, 0.15) is 45.4 Å². The van der Waals surface area contributed by atoms with Gasteiger partial charge in [-0.15, -0.1) is 0 Å². The van der Waals surface area contributed by atoms with Gasteiger partial charge in [0.1, 0.15) is 5.76 Å². The van der Waals surface area contributed by atoms with Gasteiger partial charge in [0.05, 0.1) is 0 Å². The number of allylic oxidation sites excluding steroid dienone is 2. The van der Waals surface area contributed by atoms with Gasteiger partial charge in [-0.2, -0.15) is 0 Å². The van der Waals surface area contributed by atoms with Crippen molar-refractivity contribution >= 4 is 5.57 Å². The number of rotatable bonds is 4. The average molecular weight is 220 g/mol. The Bertz CT molecular complexity index is 427. The highest BCUT2D eigenvalue weighted by Crippen LogP contribution is 2.14. The van der Waals surface area contributed by atoms with E-state index in [4.69, 9.17) is 4.42 Å². The van der Waals surface area contributed by atoms with E-state index in [9.17, 15) is 4.79 Å². The van der Waals surface area contributed by atoms with E-state index in [1.54, 1.807) is 0 Å². The lowest BCUT2D eigenvalue weighted by Crippen LogP contribution is -2.11. The smallest absolute Gasteiger partial charge is 0.339 e. The molecule has 0 saturated heterocycles. The second-order valence-electron chi connectivity index (χ2n) is 4.30. The molecule has 1 rings (SSSR count). The molecule has 1 aromatic heterocycles. The van der Waals surface area contributed by atoms with Crippen LogP contribution in [0.25, 0.3) is 5.57 Å². The summed E-state index contributed by atoms with van der Waals surface area (Å²) in [4.78, 5) is 11.7. The van der Waals surface area contributed by atoms with E-state index in [0.29, 0.717) is 11.7 Å². The highest BCUT2D eigenvalue weighted by Gasteiger charge is 2.08. The van der Waals surface area contributed by atoms with Crippen molar-refractivity contribution in [2.24, 2.45) is 5.92 Å². The van der Waals surface area contributed by atoms with Gasteiger partial charge in [0.15, 0.2) is 0 Å². The summed E-state index contributed by atoms with van der Waals surface area (Å²) in [6.45, 7) is 8.14. The van der Waals surface area contributed by atoms with Crippen molar-refractivity contribution in [3.05, 3.63) is 40.0 Å². The van der Waals surface area contributed by atoms with Crippen LogP contribution in [0.4, 0.5) is 0 Å². The second-order valence-corrected chi connectivity index (χ2v) is 4.30. The third kappa shape index (κ3) is 3.09. The van der Waals surface area contributed by atoms with Crippen LogP contribution in [0.15, 0.2) is 27.4 Å². The van der Waals surface area contributed by atoms with Crippen LogP contribution in [-0.2, 0) is 6.42 Å². The van der Waals surface area contributed by atoms with Crippen LogP contribution < -0.4 is 5.63 Å². The minimum Gasteiger partial charge on any atom is -0.423 e. The van der Waals surface area contributed by atoms with Gasteiger partial charge in [0, 0.05) is 5.56 Å². The molecule has 0 aliphatic heterocycles. The van der Waals surface area contributed by atoms with Crippen LogP contribution >= 0.6 is 0 Å². The zero-order chi connectivity index (χ0) is 12.1. The van der Waals surface area contributed by atoms with E-state index >= 15 is 0 Å². The minimum absolute atomic E-state index is 0.195. The molecule has 0 aliphatic carbocycles. The van der Waals surface area contributed by atoms with Gasteiger partial charge in [-0.05, 0) is 43.9 Å². The molecule has 0 aliphatic rings. The standard InChI is InChI=1S/C14H20O2/c1-5-10(3)9-12-7-8-13(11(4)6-2)16-14(12)15/h6-8,10H,5,9H2,1-4H3/b11-6+/t10-/m1/s1. The van der Waals surface area contributed by atoms with E-state index in [2.05, 4.69) is 13.8 Å². The van der Waals surface area contributed by atoms with Gasteiger partial charge >= 0.3 is 5.63 Å². The molecule has 1 aromatic rings. The quantitative estimate of drug-likeness (QED) is 0.775.